The lowest BCUT2D eigenvalue weighted by atomic mass is 10.1. The van der Waals surface area contributed by atoms with E-state index in [0.717, 1.165) is 38.3 Å². The van der Waals surface area contributed by atoms with Crippen LogP contribution in [0, 0.1) is 5.92 Å². The van der Waals surface area contributed by atoms with Crippen LogP contribution >= 0.6 is 11.6 Å². The number of carbonyl (C=O) groups is 1. The molecule has 2 heterocycles. The fourth-order valence-corrected chi connectivity index (χ4v) is 3.45. The normalized spacial score (nSPS) is 20.2. The Morgan fingerprint density at radius 2 is 2.08 bits per heavy atom. The first-order chi connectivity index (χ1) is 12.6. The van der Waals surface area contributed by atoms with Gasteiger partial charge in [-0.3, -0.25) is 4.79 Å². The van der Waals surface area contributed by atoms with Crippen molar-refractivity contribution in [1.82, 2.24) is 14.9 Å². The van der Waals surface area contributed by atoms with Gasteiger partial charge in [0.1, 0.15) is 17.9 Å². The van der Waals surface area contributed by atoms with Crippen molar-refractivity contribution < 1.29 is 9.53 Å². The van der Waals surface area contributed by atoms with E-state index in [4.69, 9.17) is 16.3 Å². The Labute approximate surface area is 157 Å². The lowest BCUT2D eigenvalue weighted by Crippen LogP contribution is -2.54. The van der Waals surface area contributed by atoms with Gasteiger partial charge in [0.05, 0.1) is 0 Å². The Kier molecular flexibility index (Phi) is 4.68. The predicted octanol–water partition coefficient (Wildman–Crippen LogP) is 3.37. The minimum absolute atomic E-state index is 0.170. The number of anilines is 1. The van der Waals surface area contributed by atoms with E-state index in [2.05, 4.69) is 21.8 Å². The molecule has 0 bridgehead atoms. The van der Waals surface area contributed by atoms with Crippen LogP contribution in [-0.2, 0) is 4.79 Å². The number of rotatable bonds is 4. The highest BCUT2D eigenvalue weighted by atomic mass is 35.5. The molecule has 0 spiro atoms. The lowest BCUT2D eigenvalue weighted by molar-refractivity contribution is -0.134. The molecule has 2 fully saturated rings. The van der Waals surface area contributed by atoms with Crippen LogP contribution in [0.1, 0.15) is 19.8 Å². The van der Waals surface area contributed by atoms with E-state index < -0.39 is 0 Å². The van der Waals surface area contributed by atoms with Gasteiger partial charge in [-0.05, 0) is 38.0 Å². The molecule has 2 aliphatic rings. The molecule has 6 nitrogen and oxygen atoms in total. The van der Waals surface area contributed by atoms with Gasteiger partial charge < -0.3 is 14.5 Å². The van der Waals surface area contributed by atoms with E-state index in [1.807, 2.05) is 23.1 Å². The molecule has 1 aromatic carbocycles. The summed E-state index contributed by atoms with van der Waals surface area (Å²) in [5.41, 5.74) is 0. The number of hydrogen-bond donors (Lipinski definition) is 0. The summed E-state index contributed by atoms with van der Waals surface area (Å²) in [6.07, 6.45) is 3.59. The Hall–Kier alpha value is -2.34. The number of hydrogen-bond acceptors (Lipinski definition) is 5. The maximum atomic E-state index is 12.3. The summed E-state index contributed by atoms with van der Waals surface area (Å²) in [5, 5.41) is 0.613. The molecular weight excluding hydrogens is 352 g/mol. The van der Waals surface area contributed by atoms with E-state index in [9.17, 15) is 4.79 Å². The first kappa shape index (κ1) is 17.1. The topological polar surface area (TPSA) is 58.6 Å². The summed E-state index contributed by atoms with van der Waals surface area (Å²) in [5.74, 6) is 2.49. The van der Waals surface area contributed by atoms with Gasteiger partial charge in [0.25, 0.3) is 0 Å². The molecule has 0 N–H and O–H groups in total. The third-order valence-electron chi connectivity index (χ3n) is 4.81. The molecule has 1 aliphatic carbocycles. The molecule has 1 unspecified atom stereocenters. The fraction of sp³-hybridized carbons (Fsp3) is 0.421. The van der Waals surface area contributed by atoms with Crippen LogP contribution in [0.3, 0.4) is 0 Å². The van der Waals surface area contributed by atoms with Crippen molar-refractivity contribution in [3.8, 4) is 11.6 Å². The second-order valence-electron chi connectivity index (χ2n) is 6.87. The monoisotopic (exact) mass is 372 g/mol. The summed E-state index contributed by atoms with van der Waals surface area (Å²) in [4.78, 5) is 25.1. The first-order valence-electron chi connectivity index (χ1n) is 8.91. The standard InChI is InChI=1S/C19H21ClN4O2/c1-13-11-23(7-8-24(13)19(25)14-5-6-14)17-10-18(22-12-21-17)26-16-4-2-3-15(20)9-16/h2-4,9-10,12-14H,5-8,11H2,1H3. The van der Waals surface area contributed by atoms with Crippen LogP contribution in [0.25, 0.3) is 0 Å². The Balaban J connectivity index is 1.44. The largest absolute Gasteiger partial charge is 0.439 e. The summed E-state index contributed by atoms with van der Waals surface area (Å²) < 4.78 is 5.79. The minimum Gasteiger partial charge on any atom is -0.439 e. The van der Waals surface area contributed by atoms with Gasteiger partial charge in [0.2, 0.25) is 11.8 Å². The zero-order valence-electron chi connectivity index (χ0n) is 14.6. The summed E-state index contributed by atoms with van der Waals surface area (Å²) in [6, 6.07) is 9.20. The van der Waals surface area contributed by atoms with Crippen LogP contribution in [0.15, 0.2) is 36.7 Å². The van der Waals surface area contributed by atoms with Crippen LogP contribution in [0.4, 0.5) is 5.82 Å². The molecule has 1 saturated heterocycles. The SMILES string of the molecule is CC1CN(c2cc(Oc3cccc(Cl)c3)ncn2)CCN1C(=O)C1CC1. The van der Waals surface area contributed by atoms with E-state index in [-0.39, 0.29) is 12.0 Å². The summed E-state index contributed by atoms with van der Waals surface area (Å²) in [6.45, 7) is 4.34. The molecule has 0 radical (unpaired) electrons. The second kappa shape index (κ2) is 7.11. The highest BCUT2D eigenvalue weighted by Gasteiger charge is 2.37. The molecule has 7 heteroatoms. The van der Waals surface area contributed by atoms with Crippen LogP contribution in [0.2, 0.25) is 5.02 Å². The molecule has 1 atom stereocenters. The molecule has 1 saturated carbocycles. The number of nitrogens with zero attached hydrogens (tertiary/aromatic N) is 4. The van der Waals surface area contributed by atoms with Crippen molar-refractivity contribution in [3.63, 3.8) is 0 Å². The number of ether oxygens (including phenoxy) is 1. The van der Waals surface area contributed by atoms with Crippen molar-refractivity contribution in [2.24, 2.45) is 5.92 Å². The van der Waals surface area contributed by atoms with Gasteiger partial charge in [0, 0.05) is 42.7 Å². The molecule has 1 amide bonds. The highest BCUT2D eigenvalue weighted by molar-refractivity contribution is 6.30. The molecular formula is C19H21ClN4O2. The highest BCUT2D eigenvalue weighted by Crippen LogP contribution is 2.32. The zero-order valence-corrected chi connectivity index (χ0v) is 15.4. The second-order valence-corrected chi connectivity index (χ2v) is 7.31. The third-order valence-corrected chi connectivity index (χ3v) is 5.04. The van der Waals surface area contributed by atoms with Crippen molar-refractivity contribution in [2.75, 3.05) is 24.5 Å². The number of amides is 1. The van der Waals surface area contributed by atoms with Crippen molar-refractivity contribution in [1.29, 1.82) is 0 Å². The van der Waals surface area contributed by atoms with E-state index in [1.54, 1.807) is 12.1 Å². The number of halogens is 1. The molecule has 136 valence electrons. The smallest absolute Gasteiger partial charge is 0.226 e. The summed E-state index contributed by atoms with van der Waals surface area (Å²) in [7, 11) is 0. The van der Waals surface area contributed by atoms with Gasteiger partial charge in [-0.25, -0.2) is 9.97 Å². The zero-order chi connectivity index (χ0) is 18.1. The first-order valence-corrected chi connectivity index (χ1v) is 9.29. The van der Waals surface area contributed by atoms with Crippen molar-refractivity contribution in [2.45, 2.75) is 25.8 Å². The number of benzene rings is 1. The van der Waals surface area contributed by atoms with E-state index in [1.165, 1.54) is 6.33 Å². The Morgan fingerprint density at radius 1 is 1.23 bits per heavy atom. The minimum atomic E-state index is 0.170. The average Bonchev–Trinajstić information content (AvgIpc) is 3.46. The number of carbonyl (C=O) groups excluding carboxylic acids is 1. The van der Waals surface area contributed by atoms with E-state index >= 15 is 0 Å². The number of aromatic nitrogens is 2. The van der Waals surface area contributed by atoms with E-state index in [0.29, 0.717) is 22.6 Å². The summed E-state index contributed by atoms with van der Waals surface area (Å²) >= 11 is 5.99. The van der Waals surface area contributed by atoms with Crippen LogP contribution in [-0.4, -0.2) is 46.5 Å². The van der Waals surface area contributed by atoms with Gasteiger partial charge in [-0.15, -0.1) is 0 Å². The van der Waals surface area contributed by atoms with Crippen molar-refractivity contribution in [3.05, 3.63) is 41.7 Å². The Bertz CT molecular complexity index is 812. The van der Waals surface area contributed by atoms with Crippen molar-refractivity contribution >= 4 is 23.3 Å². The molecule has 1 aromatic heterocycles. The maximum Gasteiger partial charge on any atom is 0.226 e. The quantitative estimate of drug-likeness (QED) is 0.823. The molecule has 1 aliphatic heterocycles. The molecule has 2 aromatic rings. The fourth-order valence-electron chi connectivity index (χ4n) is 3.27. The Morgan fingerprint density at radius 3 is 2.81 bits per heavy atom. The maximum absolute atomic E-state index is 12.3. The van der Waals surface area contributed by atoms with Crippen LogP contribution < -0.4 is 9.64 Å². The lowest BCUT2D eigenvalue weighted by Gasteiger charge is -2.40. The molecule has 26 heavy (non-hydrogen) atoms. The third kappa shape index (κ3) is 3.75. The van der Waals surface area contributed by atoms with Gasteiger partial charge in [0.15, 0.2) is 0 Å². The predicted molar refractivity (Wildman–Crippen MR) is 99.7 cm³/mol. The van der Waals surface area contributed by atoms with Gasteiger partial charge >= 0.3 is 0 Å². The molecule has 4 rings (SSSR count). The van der Waals surface area contributed by atoms with Crippen LogP contribution in [0.5, 0.6) is 11.6 Å². The average molecular weight is 373 g/mol. The number of piperazine rings is 1. The van der Waals surface area contributed by atoms with Gasteiger partial charge in [-0.1, -0.05) is 17.7 Å². The van der Waals surface area contributed by atoms with Gasteiger partial charge in [-0.2, -0.15) is 0 Å².